The van der Waals surface area contributed by atoms with E-state index in [1.807, 2.05) is 0 Å². The minimum absolute atomic E-state index is 1.02. The van der Waals surface area contributed by atoms with E-state index in [4.69, 9.17) is 0 Å². The van der Waals surface area contributed by atoms with Gasteiger partial charge in [-0.15, -0.1) is 0 Å². The molecule has 0 bridgehead atoms. The molecule has 2 nitrogen and oxygen atoms in total. The standard InChI is InChI=1S/C30H25IN2/c31-24-21-29(32(25-13-5-1-6-14-25)26-15-7-2-8-16-26)23-30(22-24)33(27-17-9-3-10-18-27)28-19-11-4-12-20-28/h1-11,13-19,21-23H,12,20H2. The highest BCUT2D eigenvalue weighted by Gasteiger charge is 2.19. The zero-order valence-electron chi connectivity index (χ0n) is 18.3. The van der Waals surface area contributed by atoms with E-state index in [-0.39, 0.29) is 0 Å². The Kier molecular flexibility index (Phi) is 6.58. The molecule has 0 saturated carbocycles. The van der Waals surface area contributed by atoms with Crippen molar-refractivity contribution >= 4 is 51.0 Å². The van der Waals surface area contributed by atoms with E-state index >= 15 is 0 Å². The Balaban J connectivity index is 1.67. The third kappa shape index (κ3) is 4.88. The molecule has 0 radical (unpaired) electrons. The van der Waals surface area contributed by atoms with Crippen molar-refractivity contribution in [2.75, 3.05) is 9.80 Å². The first kappa shape index (κ1) is 21.5. The van der Waals surface area contributed by atoms with Crippen LogP contribution in [0.15, 0.2) is 133 Å². The normalized spacial score (nSPS) is 12.8. The van der Waals surface area contributed by atoms with Crippen LogP contribution in [-0.2, 0) is 0 Å². The number of anilines is 5. The topological polar surface area (TPSA) is 6.48 Å². The molecule has 0 atom stereocenters. The van der Waals surface area contributed by atoms with Crippen molar-refractivity contribution in [3.8, 4) is 0 Å². The smallest absolute Gasteiger partial charge is 0.0493 e. The van der Waals surface area contributed by atoms with Crippen LogP contribution in [0, 0.1) is 3.57 Å². The molecule has 3 heteroatoms. The molecule has 0 saturated heterocycles. The van der Waals surface area contributed by atoms with Crippen LogP contribution in [0.25, 0.3) is 0 Å². The second kappa shape index (κ2) is 10.1. The number of halogens is 1. The van der Waals surface area contributed by atoms with Crippen molar-refractivity contribution < 1.29 is 0 Å². The van der Waals surface area contributed by atoms with E-state index in [0.717, 1.165) is 29.9 Å². The maximum absolute atomic E-state index is 2.44. The molecule has 0 unspecified atom stereocenters. The number of para-hydroxylation sites is 3. The predicted molar refractivity (Wildman–Crippen MR) is 149 cm³/mol. The van der Waals surface area contributed by atoms with Gasteiger partial charge in [0.2, 0.25) is 0 Å². The molecule has 0 heterocycles. The van der Waals surface area contributed by atoms with Crippen molar-refractivity contribution in [2.45, 2.75) is 12.8 Å². The van der Waals surface area contributed by atoms with Crippen LogP contribution in [0.1, 0.15) is 12.8 Å². The average molecular weight is 540 g/mol. The second-order valence-corrected chi connectivity index (χ2v) is 9.22. The Labute approximate surface area is 209 Å². The molecule has 0 aromatic heterocycles. The summed E-state index contributed by atoms with van der Waals surface area (Å²) < 4.78 is 1.20. The molecule has 1 aliphatic carbocycles. The monoisotopic (exact) mass is 540 g/mol. The van der Waals surface area contributed by atoms with Crippen molar-refractivity contribution in [3.63, 3.8) is 0 Å². The molecule has 0 aliphatic heterocycles. The van der Waals surface area contributed by atoms with Crippen molar-refractivity contribution in [1.29, 1.82) is 0 Å². The summed E-state index contributed by atoms with van der Waals surface area (Å²) in [6.07, 6.45) is 8.73. The summed E-state index contributed by atoms with van der Waals surface area (Å²) in [7, 11) is 0. The van der Waals surface area contributed by atoms with E-state index in [2.05, 4.69) is 160 Å². The molecule has 0 fully saturated rings. The zero-order valence-corrected chi connectivity index (χ0v) is 20.5. The van der Waals surface area contributed by atoms with Gasteiger partial charge in [0, 0.05) is 37.7 Å². The van der Waals surface area contributed by atoms with E-state index in [1.165, 1.54) is 20.6 Å². The Bertz CT molecular complexity index is 1230. The lowest BCUT2D eigenvalue weighted by Gasteiger charge is -2.31. The van der Waals surface area contributed by atoms with Gasteiger partial charge in [0.1, 0.15) is 0 Å². The van der Waals surface area contributed by atoms with Gasteiger partial charge in [-0.25, -0.2) is 0 Å². The number of benzene rings is 4. The van der Waals surface area contributed by atoms with E-state index in [1.54, 1.807) is 0 Å². The number of hydrogen-bond acceptors (Lipinski definition) is 2. The van der Waals surface area contributed by atoms with Crippen LogP contribution in [-0.4, -0.2) is 0 Å². The van der Waals surface area contributed by atoms with Crippen LogP contribution in [0.2, 0.25) is 0 Å². The molecule has 162 valence electrons. The van der Waals surface area contributed by atoms with Gasteiger partial charge < -0.3 is 9.80 Å². The lowest BCUT2D eigenvalue weighted by Crippen LogP contribution is -2.18. The summed E-state index contributed by atoms with van der Waals surface area (Å²) in [5, 5.41) is 0. The first-order chi connectivity index (χ1) is 16.3. The number of hydrogen-bond donors (Lipinski definition) is 0. The molecule has 0 amide bonds. The maximum atomic E-state index is 2.44. The minimum atomic E-state index is 1.02. The van der Waals surface area contributed by atoms with Gasteiger partial charge in [0.25, 0.3) is 0 Å². The first-order valence-corrected chi connectivity index (χ1v) is 12.3. The summed E-state index contributed by atoms with van der Waals surface area (Å²) in [6.45, 7) is 0. The summed E-state index contributed by atoms with van der Waals surface area (Å²) in [6, 6.07) is 38.6. The van der Waals surface area contributed by atoms with Crippen LogP contribution >= 0.6 is 22.6 Å². The van der Waals surface area contributed by atoms with E-state index in [0.29, 0.717) is 0 Å². The van der Waals surface area contributed by atoms with Crippen LogP contribution in [0.3, 0.4) is 0 Å². The molecule has 5 rings (SSSR count). The fourth-order valence-corrected chi connectivity index (χ4v) is 4.89. The van der Waals surface area contributed by atoms with Crippen LogP contribution < -0.4 is 9.80 Å². The molecule has 4 aromatic carbocycles. The molecular weight excluding hydrogens is 515 g/mol. The van der Waals surface area contributed by atoms with Gasteiger partial charge in [0.05, 0.1) is 0 Å². The van der Waals surface area contributed by atoms with E-state index in [9.17, 15) is 0 Å². The van der Waals surface area contributed by atoms with Crippen LogP contribution in [0.4, 0.5) is 28.4 Å². The van der Waals surface area contributed by atoms with Gasteiger partial charge in [-0.3, -0.25) is 0 Å². The van der Waals surface area contributed by atoms with E-state index < -0.39 is 0 Å². The molecule has 0 spiro atoms. The lowest BCUT2D eigenvalue weighted by atomic mass is 10.1. The van der Waals surface area contributed by atoms with Gasteiger partial charge in [-0.05, 0) is 96.1 Å². The predicted octanol–water partition coefficient (Wildman–Crippen LogP) is 9.13. The summed E-state index contributed by atoms with van der Waals surface area (Å²) in [5.74, 6) is 0. The minimum Gasteiger partial charge on any atom is -0.314 e. The second-order valence-electron chi connectivity index (χ2n) is 7.97. The third-order valence-corrected chi connectivity index (χ3v) is 6.33. The van der Waals surface area contributed by atoms with Crippen molar-refractivity contribution in [1.82, 2.24) is 0 Å². The highest BCUT2D eigenvalue weighted by Crippen LogP contribution is 2.40. The van der Waals surface area contributed by atoms with Crippen LogP contribution in [0.5, 0.6) is 0 Å². The van der Waals surface area contributed by atoms with Crippen molar-refractivity contribution in [3.05, 3.63) is 137 Å². The summed E-state index contributed by atoms with van der Waals surface area (Å²) >= 11 is 2.44. The largest absolute Gasteiger partial charge is 0.314 e. The summed E-state index contributed by atoms with van der Waals surface area (Å²) in [5.41, 5.74) is 7.08. The average Bonchev–Trinajstić information content (AvgIpc) is 2.87. The Morgan fingerprint density at radius 2 is 1.03 bits per heavy atom. The Morgan fingerprint density at radius 1 is 0.545 bits per heavy atom. The number of rotatable bonds is 6. The van der Waals surface area contributed by atoms with Gasteiger partial charge >= 0.3 is 0 Å². The highest BCUT2D eigenvalue weighted by atomic mass is 127. The first-order valence-electron chi connectivity index (χ1n) is 11.2. The van der Waals surface area contributed by atoms with Gasteiger partial charge in [-0.2, -0.15) is 0 Å². The molecule has 0 N–H and O–H groups in total. The highest BCUT2D eigenvalue weighted by molar-refractivity contribution is 14.1. The molecule has 33 heavy (non-hydrogen) atoms. The Morgan fingerprint density at radius 3 is 1.52 bits per heavy atom. The SMILES string of the molecule is Ic1cc(N(C2=CC=CCC2)c2ccccc2)cc(N(c2ccccc2)c2ccccc2)c1. The van der Waals surface area contributed by atoms with Gasteiger partial charge in [0.15, 0.2) is 0 Å². The fraction of sp³-hybridized carbons (Fsp3) is 0.0667. The third-order valence-electron chi connectivity index (χ3n) is 5.71. The summed E-state index contributed by atoms with van der Waals surface area (Å²) in [4.78, 5) is 4.72. The number of nitrogens with zero attached hydrogens (tertiary/aromatic N) is 2. The Hall–Kier alpha value is -3.31. The molecule has 4 aromatic rings. The number of allylic oxidation sites excluding steroid dienone is 4. The lowest BCUT2D eigenvalue weighted by molar-refractivity contribution is 0.917. The zero-order chi connectivity index (χ0) is 22.5. The molecular formula is C30H25IN2. The van der Waals surface area contributed by atoms with Gasteiger partial charge in [-0.1, -0.05) is 66.7 Å². The van der Waals surface area contributed by atoms with Crippen molar-refractivity contribution in [2.24, 2.45) is 0 Å². The molecule has 1 aliphatic rings. The quantitative estimate of drug-likeness (QED) is 0.225. The maximum Gasteiger partial charge on any atom is 0.0493 e. The fourth-order valence-electron chi connectivity index (χ4n) is 4.25.